The zero-order chi connectivity index (χ0) is 13.7. The molecule has 1 aromatic heterocycles. The average Bonchev–Trinajstić information content (AvgIpc) is 2.85. The number of methoxy groups -OCH3 is 1. The molecule has 2 N–H and O–H groups in total. The molecule has 2 rings (SSSR count). The van der Waals surface area contributed by atoms with E-state index in [0.29, 0.717) is 42.6 Å². The van der Waals surface area contributed by atoms with Crippen LogP contribution in [0.4, 0.5) is 5.69 Å². The lowest BCUT2D eigenvalue weighted by Gasteiger charge is -2.12. The lowest BCUT2D eigenvalue weighted by Crippen LogP contribution is -2.09. The van der Waals surface area contributed by atoms with Gasteiger partial charge in [-0.3, -0.25) is 0 Å². The van der Waals surface area contributed by atoms with Crippen LogP contribution >= 0.6 is 0 Å². The minimum atomic E-state index is 0.523. The molecule has 0 radical (unpaired) electrons. The van der Waals surface area contributed by atoms with Crippen LogP contribution in [0.25, 0.3) is 11.4 Å². The van der Waals surface area contributed by atoms with E-state index in [1.165, 1.54) is 0 Å². The quantitative estimate of drug-likeness (QED) is 0.781. The van der Waals surface area contributed by atoms with E-state index in [2.05, 4.69) is 15.5 Å². The van der Waals surface area contributed by atoms with Crippen molar-refractivity contribution in [2.24, 2.45) is 0 Å². The summed E-state index contributed by atoms with van der Waals surface area (Å²) < 4.78 is 12.3. The van der Waals surface area contributed by atoms with Gasteiger partial charge < -0.3 is 15.2 Å². The van der Waals surface area contributed by atoms with Crippen LogP contribution in [0, 0.1) is 0 Å². The highest BCUT2D eigenvalue weighted by Crippen LogP contribution is 2.33. The first-order valence-electron chi connectivity index (χ1n) is 6.04. The zero-order valence-electron chi connectivity index (χ0n) is 11.0. The van der Waals surface area contributed by atoms with Crippen molar-refractivity contribution < 1.29 is 9.47 Å². The standard InChI is InChI=1S/C12H17N5O2/c1-3-19-10-6-4-5-9(13)11(10)12-14-15-16-17(12)7-8-18-2/h4-6H,3,7-8,13H2,1-2H3. The van der Waals surface area contributed by atoms with E-state index >= 15 is 0 Å². The van der Waals surface area contributed by atoms with Crippen molar-refractivity contribution in [3.8, 4) is 17.1 Å². The fourth-order valence-electron chi connectivity index (χ4n) is 1.78. The number of hydrogen-bond donors (Lipinski definition) is 1. The Balaban J connectivity index is 2.43. The van der Waals surface area contributed by atoms with E-state index in [9.17, 15) is 0 Å². The summed E-state index contributed by atoms with van der Waals surface area (Å²) >= 11 is 0. The fraction of sp³-hybridized carbons (Fsp3) is 0.417. The van der Waals surface area contributed by atoms with E-state index in [1.54, 1.807) is 17.9 Å². The molecule has 102 valence electrons. The van der Waals surface area contributed by atoms with Crippen LogP contribution in [-0.2, 0) is 11.3 Å². The maximum atomic E-state index is 6.02. The molecule has 0 aliphatic heterocycles. The monoisotopic (exact) mass is 263 g/mol. The Bertz CT molecular complexity index is 541. The van der Waals surface area contributed by atoms with Crippen molar-refractivity contribution in [2.45, 2.75) is 13.5 Å². The molecular formula is C12H17N5O2. The number of nitrogen functional groups attached to an aromatic ring is 1. The number of benzene rings is 1. The van der Waals surface area contributed by atoms with Crippen molar-refractivity contribution in [1.82, 2.24) is 20.2 Å². The molecule has 0 amide bonds. The first-order valence-corrected chi connectivity index (χ1v) is 6.04. The fourth-order valence-corrected chi connectivity index (χ4v) is 1.78. The normalized spacial score (nSPS) is 10.6. The third kappa shape index (κ3) is 2.82. The summed E-state index contributed by atoms with van der Waals surface area (Å²) in [4.78, 5) is 0. The highest BCUT2D eigenvalue weighted by molar-refractivity contribution is 5.77. The molecule has 0 fully saturated rings. The Morgan fingerprint density at radius 3 is 2.95 bits per heavy atom. The number of nitrogens with two attached hydrogens (primary N) is 1. The molecule has 0 spiro atoms. The first-order chi connectivity index (χ1) is 9.27. The Morgan fingerprint density at radius 1 is 1.37 bits per heavy atom. The third-order valence-corrected chi connectivity index (χ3v) is 2.62. The summed E-state index contributed by atoms with van der Waals surface area (Å²) in [6.07, 6.45) is 0. The van der Waals surface area contributed by atoms with Crippen LogP contribution in [0.1, 0.15) is 6.92 Å². The van der Waals surface area contributed by atoms with Crippen molar-refractivity contribution in [1.29, 1.82) is 0 Å². The molecule has 19 heavy (non-hydrogen) atoms. The van der Waals surface area contributed by atoms with Crippen molar-refractivity contribution >= 4 is 5.69 Å². The van der Waals surface area contributed by atoms with Gasteiger partial charge in [0.05, 0.1) is 25.3 Å². The van der Waals surface area contributed by atoms with Gasteiger partial charge in [0, 0.05) is 12.8 Å². The zero-order valence-corrected chi connectivity index (χ0v) is 11.0. The molecule has 0 bridgehead atoms. The highest BCUT2D eigenvalue weighted by Gasteiger charge is 2.17. The molecule has 0 aliphatic rings. The van der Waals surface area contributed by atoms with Gasteiger partial charge in [0.15, 0.2) is 5.82 Å². The van der Waals surface area contributed by atoms with E-state index in [-0.39, 0.29) is 0 Å². The van der Waals surface area contributed by atoms with Crippen LogP contribution in [0.5, 0.6) is 5.75 Å². The van der Waals surface area contributed by atoms with Gasteiger partial charge in [-0.1, -0.05) is 6.07 Å². The van der Waals surface area contributed by atoms with Crippen LogP contribution in [0.2, 0.25) is 0 Å². The molecule has 7 nitrogen and oxygen atoms in total. The molecule has 0 atom stereocenters. The lowest BCUT2D eigenvalue weighted by molar-refractivity contribution is 0.183. The second-order valence-corrected chi connectivity index (χ2v) is 3.87. The van der Waals surface area contributed by atoms with Crippen LogP contribution in [-0.4, -0.2) is 40.5 Å². The molecule has 7 heteroatoms. The first kappa shape index (κ1) is 13.3. The number of aromatic nitrogens is 4. The average molecular weight is 263 g/mol. The predicted octanol–water partition coefficient (Wildman–Crippen LogP) is 0.967. The molecule has 1 aromatic carbocycles. The number of anilines is 1. The molecule has 0 saturated heterocycles. The minimum absolute atomic E-state index is 0.523. The summed E-state index contributed by atoms with van der Waals surface area (Å²) in [6.45, 7) is 3.55. The van der Waals surface area contributed by atoms with Crippen LogP contribution in [0.3, 0.4) is 0 Å². The summed E-state index contributed by atoms with van der Waals surface area (Å²) in [5.74, 6) is 1.26. The van der Waals surface area contributed by atoms with Gasteiger partial charge in [-0.2, -0.15) is 0 Å². The van der Waals surface area contributed by atoms with Crippen LogP contribution in [0.15, 0.2) is 18.2 Å². The largest absolute Gasteiger partial charge is 0.493 e. The summed E-state index contributed by atoms with van der Waals surface area (Å²) in [7, 11) is 1.63. The third-order valence-electron chi connectivity index (χ3n) is 2.62. The van der Waals surface area contributed by atoms with Crippen molar-refractivity contribution in [2.75, 3.05) is 26.1 Å². The Morgan fingerprint density at radius 2 is 2.21 bits per heavy atom. The van der Waals surface area contributed by atoms with Crippen molar-refractivity contribution in [3.05, 3.63) is 18.2 Å². The Labute approximate surface area is 111 Å². The number of tetrazole rings is 1. The van der Waals surface area contributed by atoms with Crippen LogP contribution < -0.4 is 10.5 Å². The molecule has 0 aliphatic carbocycles. The molecule has 2 aromatic rings. The molecular weight excluding hydrogens is 246 g/mol. The van der Waals surface area contributed by atoms with E-state index in [4.69, 9.17) is 15.2 Å². The summed E-state index contributed by atoms with van der Waals surface area (Å²) in [5.41, 5.74) is 7.32. The van der Waals surface area contributed by atoms with Gasteiger partial charge in [0.1, 0.15) is 5.75 Å². The predicted molar refractivity (Wildman–Crippen MR) is 70.7 cm³/mol. The van der Waals surface area contributed by atoms with Gasteiger partial charge in [-0.25, -0.2) is 4.68 Å². The topological polar surface area (TPSA) is 88.1 Å². The maximum Gasteiger partial charge on any atom is 0.187 e. The summed E-state index contributed by atoms with van der Waals surface area (Å²) in [6, 6.07) is 5.49. The van der Waals surface area contributed by atoms with Gasteiger partial charge in [-0.05, 0) is 29.5 Å². The van der Waals surface area contributed by atoms with E-state index in [0.717, 1.165) is 0 Å². The Hall–Kier alpha value is -2.15. The number of ether oxygens (including phenoxy) is 2. The molecule has 0 saturated carbocycles. The number of nitrogens with zero attached hydrogens (tertiary/aromatic N) is 4. The highest BCUT2D eigenvalue weighted by atomic mass is 16.5. The second kappa shape index (κ2) is 6.14. The van der Waals surface area contributed by atoms with Crippen molar-refractivity contribution in [3.63, 3.8) is 0 Å². The Kier molecular flexibility index (Phi) is 4.30. The molecule has 0 unspecified atom stereocenters. The van der Waals surface area contributed by atoms with E-state index in [1.807, 2.05) is 19.1 Å². The minimum Gasteiger partial charge on any atom is -0.493 e. The number of hydrogen-bond acceptors (Lipinski definition) is 6. The van der Waals surface area contributed by atoms with Gasteiger partial charge in [0.2, 0.25) is 0 Å². The second-order valence-electron chi connectivity index (χ2n) is 3.87. The van der Waals surface area contributed by atoms with Gasteiger partial charge in [0.25, 0.3) is 0 Å². The SMILES string of the molecule is CCOc1cccc(N)c1-c1nnnn1CCOC. The van der Waals surface area contributed by atoms with E-state index < -0.39 is 0 Å². The van der Waals surface area contributed by atoms with Gasteiger partial charge >= 0.3 is 0 Å². The molecule has 1 heterocycles. The van der Waals surface area contributed by atoms with Gasteiger partial charge in [-0.15, -0.1) is 5.10 Å². The summed E-state index contributed by atoms with van der Waals surface area (Å²) in [5, 5.41) is 11.7. The lowest BCUT2D eigenvalue weighted by atomic mass is 10.1. The maximum absolute atomic E-state index is 6.02. The smallest absolute Gasteiger partial charge is 0.187 e. The number of rotatable bonds is 6.